The molecular weight excluding hydrogens is 224 g/mol. The Bertz CT molecular complexity index is 324. The molecule has 4 heteroatoms. The predicted octanol–water partition coefficient (Wildman–Crippen LogP) is 2.52. The minimum Gasteiger partial charge on any atom is -0.380 e. The van der Waals surface area contributed by atoms with Gasteiger partial charge in [0.05, 0.1) is 6.61 Å². The van der Waals surface area contributed by atoms with Crippen molar-refractivity contribution in [1.82, 2.24) is 5.32 Å². The van der Waals surface area contributed by atoms with Crippen molar-refractivity contribution in [1.29, 1.82) is 0 Å². The van der Waals surface area contributed by atoms with Crippen molar-refractivity contribution in [3.8, 4) is 0 Å². The average molecular weight is 243 g/mol. The van der Waals surface area contributed by atoms with Gasteiger partial charge in [0.25, 0.3) is 0 Å². The zero-order chi connectivity index (χ0) is 12.7. The number of hydrogen-bond donors (Lipinski definition) is 1. The number of rotatable bonds is 7. The molecule has 0 aliphatic rings. The van der Waals surface area contributed by atoms with Crippen LogP contribution in [0.2, 0.25) is 0 Å². The Kier molecular flexibility index (Phi) is 6.08. The third-order valence-corrected chi connectivity index (χ3v) is 2.48. The molecular formula is C13H19F2NO. The van der Waals surface area contributed by atoms with E-state index in [4.69, 9.17) is 4.74 Å². The van der Waals surface area contributed by atoms with Crippen LogP contribution in [0.15, 0.2) is 18.2 Å². The Morgan fingerprint density at radius 2 is 1.88 bits per heavy atom. The Labute approximate surface area is 101 Å². The van der Waals surface area contributed by atoms with Gasteiger partial charge in [0, 0.05) is 18.7 Å². The van der Waals surface area contributed by atoms with Crippen LogP contribution in [0.4, 0.5) is 8.78 Å². The molecule has 0 bridgehead atoms. The third kappa shape index (κ3) is 5.24. The standard InChI is InChI=1S/C13H19F2NO/c1-3-4-17-9-13(16-2)7-10-5-11(14)8-12(15)6-10/h5-6,8,13,16H,3-4,7,9H2,1-2H3. The second-order valence-electron chi connectivity index (χ2n) is 4.04. The highest BCUT2D eigenvalue weighted by Crippen LogP contribution is 2.10. The SMILES string of the molecule is CCCOCC(Cc1cc(F)cc(F)c1)NC. The Morgan fingerprint density at radius 1 is 1.24 bits per heavy atom. The number of likely N-dealkylation sites (N-methyl/N-ethyl adjacent to an activating group) is 1. The fraction of sp³-hybridized carbons (Fsp3) is 0.538. The molecule has 0 saturated heterocycles. The van der Waals surface area contributed by atoms with E-state index in [9.17, 15) is 8.78 Å². The van der Waals surface area contributed by atoms with Gasteiger partial charge in [-0.05, 0) is 37.6 Å². The van der Waals surface area contributed by atoms with Gasteiger partial charge < -0.3 is 10.1 Å². The van der Waals surface area contributed by atoms with Gasteiger partial charge in [0.1, 0.15) is 11.6 Å². The number of benzene rings is 1. The van der Waals surface area contributed by atoms with E-state index >= 15 is 0 Å². The largest absolute Gasteiger partial charge is 0.380 e. The summed E-state index contributed by atoms with van der Waals surface area (Å²) in [5, 5.41) is 3.08. The van der Waals surface area contributed by atoms with E-state index in [1.807, 2.05) is 14.0 Å². The highest BCUT2D eigenvalue weighted by atomic mass is 19.1. The lowest BCUT2D eigenvalue weighted by Gasteiger charge is -2.16. The lowest BCUT2D eigenvalue weighted by atomic mass is 10.1. The molecule has 0 radical (unpaired) electrons. The first kappa shape index (κ1) is 14.1. The van der Waals surface area contributed by atoms with E-state index in [1.54, 1.807) is 0 Å². The minimum absolute atomic E-state index is 0.0720. The summed E-state index contributed by atoms with van der Waals surface area (Å²) in [6, 6.07) is 3.66. The molecule has 0 spiro atoms. The zero-order valence-corrected chi connectivity index (χ0v) is 10.3. The quantitative estimate of drug-likeness (QED) is 0.743. The highest BCUT2D eigenvalue weighted by molar-refractivity contribution is 5.18. The van der Waals surface area contributed by atoms with Gasteiger partial charge in [0.2, 0.25) is 0 Å². The molecule has 1 aromatic carbocycles. The summed E-state index contributed by atoms with van der Waals surface area (Å²) in [4.78, 5) is 0. The van der Waals surface area contributed by atoms with Gasteiger partial charge in [0.15, 0.2) is 0 Å². The van der Waals surface area contributed by atoms with Gasteiger partial charge in [-0.15, -0.1) is 0 Å². The van der Waals surface area contributed by atoms with Crippen LogP contribution in [0.25, 0.3) is 0 Å². The molecule has 0 amide bonds. The molecule has 0 aliphatic carbocycles. The molecule has 1 rings (SSSR count). The van der Waals surface area contributed by atoms with Crippen LogP contribution < -0.4 is 5.32 Å². The monoisotopic (exact) mass is 243 g/mol. The molecule has 2 nitrogen and oxygen atoms in total. The molecule has 0 aliphatic heterocycles. The Morgan fingerprint density at radius 3 is 2.41 bits per heavy atom. The first-order valence-electron chi connectivity index (χ1n) is 5.85. The Balaban J connectivity index is 2.54. The van der Waals surface area contributed by atoms with Gasteiger partial charge in [-0.3, -0.25) is 0 Å². The number of ether oxygens (including phenoxy) is 1. The van der Waals surface area contributed by atoms with E-state index in [0.29, 0.717) is 25.2 Å². The number of nitrogens with one attached hydrogen (secondary N) is 1. The van der Waals surface area contributed by atoms with E-state index in [0.717, 1.165) is 12.5 Å². The van der Waals surface area contributed by atoms with E-state index in [2.05, 4.69) is 5.32 Å². The van der Waals surface area contributed by atoms with Crippen molar-refractivity contribution >= 4 is 0 Å². The molecule has 0 fully saturated rings. The van der Waals surface area contributed by atoms with Gasteiger partial charge in [-0.1, -0.05) is 6.92 Å². The van der Waals surface area contributed by atoms with Crippen LogP contribution >= 0.6 is 0 Å². The van der Waals surface area contributed by atoms with Gasteiger partial charge in [-0.25, -0.2) is 8.78 Å². The molecule has 0 heterocycles. The second-order valence-corrected chi connectivity index (χ2v) is 4.04. The topological polar surface area (TPSA) is 21.3 Å². The normalized spacial score (nSPS) is 12.7. The summed E-state index contributed by atoms with van der Waals surface area (Å²) in [5.74, 6) is -1.08. The molecule has 1 aromatic rings. The molecule has 0 aromatic heterocycles. The molecule has 1 atom stereocenters. The molecule has 96 valence electrons. The van der Waals surface area contributed by atoms with Gasteiger partial charge >= 0.3 is 0 Å². The second kappa shape index (κ2) is 7.35. The summed E-state index contributed by atoms with van der Waals surface area (Å²) >= 11 is 0. The molecule has 1 unspecified atom stereocenters. The fourth-order valence-electron chi connectivity index (χ4n) is 1.63. The van der Waals surface area contributed by atoms with Crippen LogP contribution in [0.5, 0.6) is 0 Å². The average Bonchev–Trinajstić information content (AvgIpc) is 2.26. The van der Waals surface area contributed by atoms with Crippen molar-refractivity contribution in [2.75, 3.05) is 20.3 Å². The maximum atomic E-state index is 13.0. The lowest BCUT2D eigenvalue weighted by molar-refractivity contribution is 0.114. The zero-order valence-electron chi connectivity index (χ0n) is 10.3. The number of halogens is 2. The van der Waals surface area contributed by atoms with Crippen LogP contribution in [-0.4, -0.2) is 26.3 Å². The maximum absolute atomic E-state index is 13.0. The van der Waals surface area contributed by atoms with E-state index in [1.165, 1.54) is 12.1 Å². The molecule has 1 N–H and O–H groups in total. The first-order chi connectivity index (χ1) is 8.15. The summed E-state index contributed by atoms with van der Waals surface area (Å²) in [5.41, 5.74) is 0.641. The summed E-state index contributed by atoms with van der Waals surface area (Å²) in [6.45, 7) is 3.29. The highest BCUT2D eigenvalue weighted by Gasteiger charge is 2.09. The maximum Gasteiger partial charge on any atom is 0.126 e. The third-order valence-electron chi connectivity index (χ3n) is 2.48. The summed E-state index contributed by atoms with van der Waals surface area (Å²) in [6.07, 6.45) is 1.51. The van der Waals surface area contributed by atoms with Crippen molar-refractivity contribution in [3.05, 3.63) is 35.4 Å². The van der Waals surface area contributed by atoms with Crippen LogP contribution in [0.1, 0.15) is 18.9 Å². The Hall–Kier alpha value is -1.00. The fourth-order valence-corrected chi connectivity index (χ4v) is 1.63. The predicted molar refractivity (Wildman–Crippen MR) is 64.0 cm³/mol. The van der Waals surface area contributed by atoms with E-state index in [-0.39, 0.29) is 6.04 Å². The van der Waals surface area contributed by atoms with Crippen molar-refractivity contribution in [2.24, 2.45) is 0 Å². The van der Waals surface area contributed by atoms with Gasteiger partial charge in [-0.2, -0.15) is 0 Å². The van der Waals surface area contributed by atoms with Crippen LogP contribution in [0.3, 0.4) is 0 Å². The van der Waals surface area contributed by atoms with Crippen molar-refractivity contribution in [3.63, 3.8) is 0 Å². The lowest BCUT2D eigenvalue weighted by Crippen LogP contribution is -2.32. The van der Waals surface area contributed by atoms with E-state index < -0.39 is 11.6 Å². The number of hydrogen-bond acceptors (Lipinski definition) is 2. The first-order valence-corrected chi connectivity index (χ1v) is 5.85. The van der Waals surface area contributed by atoms with Crippen molar-refractivity contribution in [2.45, 2.75) is 25.8 Å². The summed E-state index contributed by atoms with van der Waals surface area (Å²) < 4.78 is 31.4. The molecule has 0 saturated carbocycles. The summed E-state index contributed by atoms with van der Waals surface area (Å²) in [7, 11) is 1.82. The van der Waals surface area contributed by atoms with Crippen LogP contribution in [-0.2, 0) is 11.2 Å². The van der Waals surface area contributed by atoms with Crippen LogP contribution in [0, 0.1) is 11.6 Å². The van der Waals surface area contributed by atoms with Crippen molar-refractivity contribution < 1.29 is 13.5 Å². The molecule has 17 heavy (non-hydrogen) atoms. The minimum atomic E-state index is -0.538. The smallest absolute Gasteiger partial charge is 0.126 e.